The third-order valence-electron chi connectivity index (χ3n) is 3.69. The lowest BCUT2D eigenvalue weighted by molar-refractivity contribution is -0.143. The van der Waals surface area contributed by atoms with Crippen LogP contribution in [0.15, 0.2) is 0 Å². The lowest BCUT2D eigenvalue weighted by atomic mass is 9.89. The molecule has 0 aromatic carbocycles. The van der Waals surface area contributed by atoms with E-state index in [0.717, 1.165) is 19.3 Å². The maximum atomic E-state index is 11.2. The number of carbonyl (C=O) groups is 1. The van der Waals surface area contributed by atoms with Crippen LogP contribution in [-0.4, -0.2) is 22.8 Å². The van der Waals surface area contributed by atoms with E-state index >= 15 is 0 Å². The summed E-state index contributed by atoms with van der Waals surface area (Å²) >= 11 is 0. The molecular weight excluding hydrogens is 228 g/mol. The minimum absolute atomic E-state index is 0.0374. The van der Waals surface area contributed by atoms with Crippen LogP contribution >= 0.6 is 0 Å². The molecule has 0 amide bonds. The Kier molecular flexibility index (Phi) is 5.20. The maximum absolute atomic E-state index is 11.2. The van der Waals surface area contributed by atoms with Crippen molar-refractivity contribution in [3.8, 4) is 0 Å². The SMILES string of the molecule is CCCC1(C(=O)O)OC1CCCCCC(C)(C)C. The highest BCUT2D eigenvalue weighted by Gasteiger charge is 2.61. The van der Waals surface area contributed by atoms with Crippen LogP contribution in [0.3, 0.4) is 0 Å². The molecule has 0 bridgehead atoms. The van der Waals surface area contributed by atoms with Gasteiger partial charge in [0, 0.05) is 0 Å². The van der Waals surface area contributed by atoms with Gasteiger partial charge in [-0.1, -0.05) is 53.4 Å². The zero-order valence-electron chi connectivity index (χ0n) is 12.3. The first-order chi connectivity index (χ1) is 8.32. The molecule has 1 saturated heterocycles. The van der Waals surface area contributed by atoms with Crippen molar-refractivity contribution in [2.24, 2.45) is 5.41 Å². The Labute approximate surface area is 111 Å². The molecule has 3 heteroatoms. The molecule has 1 fully saturated rings. The normalized spacial score (nSPS) is 27.2. The van der Waals surface area contributed by atoms with Crippen LogP contribution in [0.25, 0.3) is 0 Å². The minimum atomic E-state index is -0.835. The average molecular weight is 256 g/mol. The monoisotopic (exact) mass is 256 g/mol. The Bertz CT molecular complexity index is 280. The highest BCUT2D eigenvalue weighted by atomic mass is 16.6. The molecule has 106 valence electrons. The van der Waals surface area contributed by atoms with E-state index in [2.05, 4.69) is 20.8 Å². The van der Waals surface area contributed by atoms with Crippen molar-refractivity contribution in [3.63, 3.8) is 0 Å². The molecule has 1 N–H and O–H groups in total. The van der Waals surface area contributed by atoms with Crippen LogP contribution in [0.4, 0.5) is 0 Å². The zero-order chi connectivity index (χ0) is 13.8. The third kappa shape index (κ3) is 4.27. The standard InChI is InChI=1S/C15H28O3/c1-5-10-15(13(16)17)12(18-15)9-7-6-8-11-14(2,3)4/h12H,5-11H2,1-4H3,(H,16,17). The van der Waals surface area contributed by atoms with Crippen molar-refractivity contribution < 1.29 is 14.6 Å². The number of unbranched alkanes of at least 4 members (excludes halogenated alkanes) is 2. The Morgan fingerprint density at radius 3 is 2.44 bits per heavy atom. The lowest BCUT2D eigenvalue weighted by Gasteiger charge is -2.17. The second kappa shape index (κ2) is 6.05. The lowest BCUT2D eigenvalue weighted by Crippen LogP contribution is -2.26. The molecule has 3 nitrogen and oxygen atoms in total. The molecule has 0 radical (unpaired) electrons. The number of hydrogen-bond acceptors (Lipinski definition) is 2. The van der Waals surface area contributed by atoms with Gasteiger partial charge in [0.25, 0.3) is 0 Å². The van der Waals surface area contributed by atoms with E-state index in [1.807, 2.05) is 6.92 Å². The fourth-order valence-corrected chi connectivity index (χ4v) is 2.56. The van der Waals surface area contributed by atoms with Crippen LogP contribution in [0, 0.1) is 5.41 Å². The van der Waals surface area contributed by atoms with Crippen molar-refractivity contribution >= 4 is 5.97 Å². The first kappa shape index (κ1) is 15.5. The van der Waals surface area contributed by atoms with Crippen molar-refractivity contribution in [3.05, 3.63) is 0 Å². The summed E-state index contributed by atoms with van der Waals surface area (Å²) < 4.78 is 5.45. The van der Waals surface area contributed by atoms with Gasteiger partial charge in [-0.2, -0.15) is 0 Å². The van der Waals surface area contributed by atoms with Gasteiger partial charge in [0.15, 0.2) is 5.60 Å². The van der Waals surface area contributed by atoms with E-state index in [-0.39, 0.29) is 6.10 Å². The number of epoxide rings is 1. The van der Waals surface area contributed by atoms with Crippen LogP contribution in [0.5, 0.6) is 0 Å². The fourth-order valence-electron chi connectivity index (χ4n) is 2.56. The Morgan fingerprint density at radius 1 is 1.28 bits per heavy atom. The van der Waals surface area contributed by atoms with E-state index in [1.54, 1.807) is 0 Å². The van der Waals surface area contributed by atoms with Crippen LogP contribution < -0.4 is 0 Å². The van der Waals surface area contributed by atoms with E-state index in [0.29, 0.717) is 11.8 Å². The molecule has 0 saturated carbocycles. The number of aliphatic carboxylic acids is 1. The second-order valence-corrected chi connectivity index (χ2v) is 6.71. The van der Waals surface area contributed by atoms with Crippen molar-refractivity contribution in [2.75, 3.05) is 0 Å². The molecule has 18 heavy (non-hydrogen) atoms. The molecule has 2 unspecified atom stereocenters. The molecular formula is C15H28O3. The smallest absolute Gasteiger partial charge is 0.338 e. The Hall–Kier alpha value is -0.570. The van der Waals surface area contributed by atoms with Gasteiger partial charge in [-0.25, -0.2) is 4.79 Å². The predicted octanol–water partition coefficient (Wildman–Crippen LogP) is 4.01. The van der Waals surface area contributed by atoms with E-state index in [1.165, 1.54) is 19.3 Å². The second-order valence-electron chi connectivity index (χ2n) is 6.71. The molecule has 1 heterocycles. The summed E-state index contributed by atoms with van der Waals surface area (Å²) in [5.41, 5.74) is -0.429. The summed E-state index contributed by atoms with van der Waals surface area (Å²) in [5, 5.41) is 9.19. The molecule has 0 spiro atoms. The molecule has 1 rings (SSSR count). The summed E-state index contributed by atoms with van der Waals surface area (Å²) in [6.45, 7) is 8.78. The number of carboxylic acids is 1. The molecule has 0 aromatic heterocycles. The molecule has 0 aliphatic carbocycles. The zero-order valence-corrected chi connectivity index (χ0v) is 12.3. The van der Waals surface area contributed by atoms with Gasteiger partial charge in [0.05, 0.1) is 6.10 Å². The van der Waals surface area contributed by atoms with Crippen LogP contribution in [0.2, 0.25) is 0 Å². The number of hydrogen-bond donors (Lipinski definition) is 1. The first-order valence-corrected chi connectivity index (χ1v) is 7.23. The number of carboxylic acid groups (broad SMARTS) is 1. The summed E-state index contributed by atoms with van der Waals surface area (Å²) in [6, 6.07) is 0. The fraction of sp³-hybridized carbons (Fsp3) is 0.933. The predicted molar refractivity (Wildman–Crippen MR) is 72.7 cm³/mol. The van der Waals surface area contributed by atoms with Crippen LogP contribution in [0.1, 0.15) is 72.6 Å². The van der Waals surface area contributed by atoms with Gasteiger partial charge in [-0.05, 0) is 24.7 Å². The molecule has 1 aliphatic heterocycles. The molecule has 1 aliphatic rings. The maximum Gasteiger partial charge on any atom is 0.338 e. The van der Waals surface area contributed by atoms with Crippen molar-refractivity contribution in [1.82, 2.24) is 0 Å². The van der Waals surface area contributed by atoms with Crippen LogP contribution in [-0.2, 0) is 9.53 Å². The number of rotatable bonds is 8. The molecule has 2 atom stereocenters. The minimum Gasteiger partial charge on any atom is -0.479 e. The highest BCUT2D eigenvalue weighted by molar-refractivity contribution is 5.81. The largest absolute Gasteiger partial charge is 0.479 e. The van der Waals surface area contributed by atoms with E-state index < -0.39 is 11.6 Å². The Balaban J connectivity index is 2.17. The van der Waals surface area contributed by atoms with Crippen molar-refractivity contribution in [2.45, 2.75) is 84.3 Å². The van der Waals surface area contributed by atoms with Gasteiger partial charge in [0.2, 0.25) is 0 Å². The summed E-state index contributed by atoms with van der Waals surface area (Å²) in [7, 11) is 0. The Morgan fingerprint density at radius 2 is 1.94 bits per heavy atom. The van der Waals surface area contributed by atoms with Gasteiger partial charge in [0.1, 0.15) is 0 Å². The summed E-state index contributed by atoms with van der Waals surface area (Å²) in [5.74, 6) is -0.774. The third-order valence-corrected chi connectivity index (χ3v) is 3.69. The summed E-state index contributed by atoms with van der Waals surface area (Å²) in [6.07, 6.45) is 7.10. The topological polar surface area (TPSA) is 49.8 Å². The van der Waals surface area contributed by atoms with Gasteiger partial charge in [-0.3, -0.25) is 0 Å². The molecule has 0 aromatic rings. The van der Waals surface area contributed by atoms with Gasteiger partial charge < -0.3 is 9.84 Å². The summed E-state index contributed by atoms with van der Waals surface area (Å²) in [4.78, 5) is 11.2. The van der Waals surface area contributed by atoms with Gasteiger partial charge >= 0.3 is 5.97 Å². The van der Waals surface area contributed by atoms with E-state index in [4.69, 9.17) is 4.74 Å². The van der Waals surface area contributed by atoms with Gasteiger partial charge in [-0.15, -0.1) is 0 Å². The number of ether oxygens (including phenoxy) is 1. The first-order valence-electron chi connectivity index (χ1n) is 7.23. The van der Waals surface area contributed by atoms with Crippen molar-refractivity contribution in [1.29, 1.82) is 0 Å². The quantitative estimate of drug-likeness (QED) is 0.527. The highest BCUT2D eigenvalue weighted by Crippen LogP contribution is 2.44. The average Bonchev–Trinajstić information content (AvgIpc) is 2.91. The van der Waals surface area contributed by atoms with E-state index in [9.17, 15) is 9.90 Å².